The average Bonchev–Trinajstić information content (AvgIpc) is 2.64. The molecule has 0 radical (unpaired) electrons. The Morgan fingerprint density at radius 1 is 1.04 bits per heavy atom. The van der Waals surface area contributed by atoms with Crippen molar-refractivity contribution in [2.24, 2.45) is 0 Å². The van der Waals surface area contributed by atoms with Crippen LogP contribution in [0.25, 0.3) is 22.0 Å². The van der Waals surface area contributed by atoms with Gasteiger partial charge in [0.1, 0.15) is 5.82 Å². The summed E-state index contributed by atoms with van der Waals surface area (Å²) in [5.74, 6) is -3.19. The predicted octanol–water partition coefficient (Wildman–Crippen LogP) is 3.74. The number of hydrogen-bond acceptors (Lipinski definition) is 4. The van der Waals surface area contributed by atoms with Crippen molar-refractivity contribution < 1.29 is 17.9 Å². The number of nitrogens with zero attached hydrogens (tertiary/aromatic N) is 2. The first kappa shape index (κ1) is 16.7. The molecule has 0 bridgehead atoms. The summed E-state index contributed by atoms with van der Waals surface area (Å²) in [6, 6.07) is 6.60. The van der Waals surface area contributed by atoms with Gasteiger partial charge in [0.05, 0.1) is 36.3 Å². The number of anilines is 2. The molecule has 2 N–H and O–H groups in total. The predicted molar refractivity (Wildman–Crippen MR) is 94.5 cm³/mol. The number of pyridine rings is 1. The number of morpholine rings is 1. The molecule has 0 spiro atoms. The first-order valence-electron chi connectivity index (χ1n) is 8.21. The van der Waals surface area contributed by atoms with E-state index in [0.29, 0.717) is 54.5 Å². The number of halogens is 3. The fourth-order valence-electron chi connectivity index (χ4n) is 3.33. The molecule has 134 valence electrons. The number of rotatable bonds is 2. The summed E-state index contributed by atoms with van der Waals surface area (Å²) in [5, 5.41) is 0.702. The first-order valence-corrected chi connectivity index (χ1v) is 8.21. The standard InChI is InChI=1S/C19H16F3N3O/c20-11-8-14(17(22)15(21)9-11)12-2-1-3-13-18(12)24-10-16(23)19(13)25-4-6-26-7-5-25/h1-3,8-10H,4-7,23H2. The summed E-state index contributed by atoms with van der Waals surface area (Å²) in [6.45, 7) is 2.48. The first-order chi connectivity index (χ1) is 12.6. The van der Waals surface area contributed by atoms with Crippen LogP contribution in [-0.2, 0) is 4.74 Å². The molecule has 0 saturated carbocycles. The molecule has 0 aliphatic carbocycles. The van der Waals surface area contributed by atoms with Gasteiger partial charge in [0.15, 0.2) is 11.6 Å². The fourth-order valence-corrected chi connectivity index (χ4v) is 3.33. The molecular formula is C19H16F3N3O. The maximum Gasteiger partial charge on any atom is 0.166 e. The Morgan fingerprint density at radius 2 is 1.81 bits per heavy atom. The van der Waals surface area contributed by atoms with Crippen LogP contribution in [0.2, 0.25) is 0 Å². The lowest BCUT2D eigenvalue weighted by Gasteiger charge is -2.30. The SMILES string of the molecule is Nc1cnc2c(-c3cc(F)cc(F)c3F)cccc2c1N1CCOCC1. The third-order valence-electron chi connectivity index (χ3n) is 4.51. The average molecular weight is 359 g/mol. The van der Waals surface area contributed by atoms with E-state index in [1.807, 2.05) is 6.07 Å². The Balaban J connectivity index is 1.96. The summed E-state index contributed by atoms with van der Waals surface area (Å²) >= 11 is 0. The third kappa shape index (κ3) is 2.74. The zero-order valence-electron chi connectivity index (χ0n) is 13.8. The van der Waals surface area contributed by atoms with Crippen molar-refractivity contribution in [2.75, 3.05) is 36.9 Å². The van der Waals surface area contributed by atoms with Gasteiger partial charge in [-0.05, 0) is 6.07 Å². The van der Waals surface area contributed by atoms with Gasteiger partial charge in [-0.2, -0.15) is 0 Å². The van der Waals surface area contributed by atoms with Crippen molar-refractivity contribution in [3.8, 4) is 11.1 Å². The summed E-state index contributed by atoms with van der Waals surface area (Å²) in [4.78, 5) is 6.40. The van der Waals surface area contributed by atoms with Crippen LogP contribution in [-0.4, -0.2) is 31.3 Å². The van der Waals surface area contributed by atoms with E-state index in [1.54, 1.807) is 12.1 Å². The van der Waals surface area contributed by atoms with Gasteiger partial charge >= 0.3 is 0 Å². The second-order valence-electron chi connectivity index (χ2n) is 6.11. The zero-order chi connectivity index (χ0) is 18.3. The van der Waals surface area contributed by atoms with Gasteiger partial charge in [0, 0.05) is 35.7 Å². The normalized spacial score (nSPS) is 14.8. The van der Waals surface area contributed by atoms with Crippen LogP contribution in [0, 0.1) is 17.5 Å². The molecular weight excluding hydrogens is 343 g/mol. The molecule has 2 aromatic carbocycles. The maximum atomic E-state index is 14.3. The van der Waals surface area contributed by atoms with E-state index < -0.39 is 17.5 Å². The number of ether oxygens (including phenoxy) is 1. The van der Waals surface area contributed by atoms with Crippen LogP contribution in [0.1, 0.15) is 0 Å². The number of hydrogen-bond donors (Lipinski definition) is 1. The number of nitrogens with two attached hydrogens (primary N) is 1. The Kier molecular flexibility index (Phi) is 4.16. The zero-order valence-corrected chi connectivity index (χ0v) is 13.8. The van der Waals surface area contributed by atoms with Crippen LogP contribution >= 0.6 is 0 Å². The van der Waals surface area contributed by atoms with E-state index in [4.69, 9.17) is 10.5 Å². The molecule has 0 amide bonds. The molecule has 4 rings (SSSR count). The molecule has 1 saturated heterocycles. The van der Waals surface area contributed by atoms with Crippen molar-refractivity contribution in [3.63, 3.8) is 0 Å². The number of benzene rings is 2. The second kappa shape index (κ2) is 6.49. The highest BCUT2D eigenvalue weighted by Crippen LogP contribution is 2.37. The molecule has 0 unspecified atom stereocenters. The molecule has 7 heteroatoms. The van der Waals surface area contributed by atoms with E-state index >= 15 is 0 Å². The minimum atomic E-state index is -1.24. The lowest BCUT2D eigenvalue weighted by atomic mass is 9.99. The number of aromatic nitrogens is 1. The van der Waals surface area contributed by atoms with E-state index in [-0.39, 0.29) is 5.56 Å². The largest absolute Gasteiger partial charge is 0.396 e. The smallest absolute Gasteiger partial charge is 0.166 e. The summed E-state index contributed by atoms with van der Waals surface area (Å²) in [7, 11) is 0. The molecule has 3 aromatic rings. The number of fused-ring (bicyclic) bond motifs is 1. The molecule has 0 atom stereocenters. The Morgan fingerprint density at radius 3 is 2.58 bits per heavy atom. The fraction of sp³-hybridized carbons (Fsp3) is 0.211. The highest BCUT2D eigenvalue weighted by atomic mass is 19.2. The summed E-state index contributed by atoms with van der Waals surface area (Å²) < 4.78 is 47.0. The van der Waals surface area contributed by atoms with Gasteiger partial charge < -0.3 is 15.4 Å². The highest BCUT2D eigenvalue weighted by molar-refractivity contribution is 6.04. The van der Waals surface area contributed by atoms with E-state index in [0.717, 1.165) is 11.8 Å². The maximum absolute atomic E-state index is 14.3. The van der Waals surface area contributed by atoms with Gasteiger partial charge in [-0.25, -0.2) is 13.2 Å². The van der Waals surface area contributed by atoms with E-state index in [2.05, 4.69) is 9.88 Å². The lowest BCUT2D eigenvalue weighted by molar-refractivity contribution is 0.123. The van der Waals surface area contributed by atoms with E-state index in [9.17, 15) is 13.2 Å². The molecule has 4 nitrogen and oxygen atoms in total. The van der Waals surface area contributed by atoms with Gasteiger partial charge in [-0.15, -0.1) is 0 Å². The monoisotopic (exact) mass is 359 g/mol. The van der Waals surface area contributed by atoms with Crippen LogP contribution in [0.3, 0.4) is 0 Å². The van der Waals surface area contributed by atoms with Crippen LogP contribution in [0.4, 0.5) is 24.5 Å². The Bertz CT molecular complexity index is 987. The van der Waals surface area contributed by atoms with Crippen molar-refractivity contribution in [1.29, 1.82) is 0 Å². The molecule has 26 heavy (non-hydrogen) atoms. The molecule has 2 heterocycles. The second-order valence-corrected chi connectivity index (χ2v) is 6.11. The van der Waals surface area contributed by atoms with Crippen LogP contribution in [0.5, 0.6) is 0 Å². The minimum absolute atomic E-state index is 0.168. The van der Waals surface area contributed by atoms with Crippen molar-refractivity contribution in [2.45, 2.75) is 0 Å². The Hall–Kier alpha value is -2.80. The van der Waals surface area contributed by atoms with Gasteiger partial charge in [-0.1, -0.05) is 18.2 Å². The van der Waals surface area contributed by atoms with E-state index in [1.165, 1.54) is 6.20 Å². The van der Waals surface area contributed by atoms with Crippen molar-refractivity contribution in [1.82, 2.24) is 4.98 Å². The Labute approximate surface area is 148 Å². The van der Waals surface area contributed by atoms with Crippen LogP contribution in [0.15, 0.2) is 36.5 Å². The van der Waals surface area contributed by atoms with Crippen molar-refractivity contribution in [3.05, 3.63) is 54.0 Å². The minimum Gasteiger partial charge on any atom is -0.396 e. The highest BCUT2D eigenvalue weighted by Gasteiger charge is 2.21. The van der Waals surface area contributed by atoms with Gasteiger partial charge in [0.25, 0.3) is 0 Å². The van der Waals surface area contributed by atoms with Gasteiger partial charge in [-0.3, -0.25) is 4.98 Å². The quantitative estimate of drug-likeness (QED) is 0.709. The van der Waals surface area contributed by atoms with Crippen LogP contribution < -0.4 is 10.6 Å². The van der Waals surface area contributed by atoms with Gasteiger partial charge in [0.2, 0.25) is 0 Å². The summed E-state index contributed by atoms with van der Waals surface area (Å²) in [6.07, 6.45) is 1.49. The lowest BCUT2D eigenvalue weighted by Crippen LogP contribution is -2.36. The number of para-hydroxylation sites is 1. The molecule has 1 fully saturated rings. The topological polar surface area (TPSA) is 51.4 Å². The number of nitrogen functional groups attached to an aromatic ring is 1. The summed E-state index contributed by atoms with van der Waals surface area (Å²) in [5.41, 5.74) is 7.99. The van der Waals surface area contributed by atoms with Crippen molar-refractivity contribution >= 4 is 22.3 Å². The molecule has 1 aliphatic heterocycles. The molecule has 1 aromatic heterocycles. The molecule has 1 aliphatic rings. The third-order valence-corrected chi connectivity index (χ3v) is 4.51.